The third-order valence-corrected chi connectivity index (χ3v) is 4.94. The Labute approximate surface area is 147 Å². The molecule has 138 valence electrons. The third kappa shape index (κ3) is 3.78. The maximum absolute atomic E-state index is 12.0. The van der Waals surface area contributed by atoms with Gasteiger partial charge < -0.3 is 24.8 Å². The first kappa shape index (κ1) is 17.7. The van der Waals surface area contributed by atoms with E-state index >= 15 is 0 Å². The van der Waals surface area contributed by atoms with Gasteiger partial charge >= 0.3 is 6.09 Å². The third-order valence-electron chi connectivity index (χ3n) is 4.94. The molecule has 0 bridgehead atoms. The number of carbonyl (C=O) groups excluding carboxylic acids is 1. The highest BCUT2D eigenvalue weighted by Gasteiger charge is 2.30. The molecule has 2 saturated heterocycles. The van der Waals surface area contributed by atoms with E-state index in [0.29, 0.717) is 50.7 Å². The minimum atomic E-state index is -0.427. The molecular weight excluding hydrogens is 324 g/mol. The first-order chi connectivity index (χ1) is 12.1. The fourth-order valence-corrected chi connectivity index (χ4v) is 3.52. The Morgan fingerprint density at radius 2 is 1.72 bits per heavy atom. The van der Waals surface area contributed by atoms with Crippen molar-refractivity contribution < 1.29 is 9.53 Å². The van der Waals surface area contributed by atoms with E-state index in [4.69, 9.17) is 4.74 Å². The average Bonchev–Trinajstić information content (AvgIpc) is 3.14. The van der Waals surface area contributed by atoms with Gasteiger partial charge in [-0.25, -0.2) is 4.79 Å². The molecule has 0 spiro atoms. The highest BCUT2D eigenvalue weighted by atomic mass is 16.6. The van der Waals surface area contributed by atoms with Crippen molar-refractivity contribution in [2.45, 2.75) is 19.8 Å². The second-order valence-electron chi connectivity index (χ2n) is 6.53. The molecule has 1 aromatic carbocycles. The van der Waals surface area contributed by atoms with Crippen molar-refractivity contribution in [3.63, 3.8) is 0 Å². The topological polar surface area (TPSA) is 82.2 Å². The van der Waals surface area contributed by atoms with Crippen LogP contribution in [-0.4, -0.2) is 74.9 Å². The van der Waals surface area contributed by atoms with Gasteiger partial charge in [0.25, 0.3) is 10.9 Å². The summed E-state index contributed by atoms with van der Waals surface area (Å²) in [6.45, 7) is 7.94. The molecule has 3 rings (SSSR count). The summed E-state index contributed by atoms with van der Waals surface area (Å²) in [5.41, 5.74) is 0.0706. The van der Waals surface area contributed by atoms with Crippen molar-refractivity contribution in [1.82, 2.24) is 9.80 Å². The molecule has 8 nitrogen and oxygen atoms in total. The molecule has 0 aliphatic carbocycles. The maximum Gasteiger partial charge on any atom is 0.409 e. The number of nitrogens with zero attached hydrogens (tertiary/aromatic N) is 3. The number of rotatable bonds is 6. The molecular formula is C17H26N4O4. The van der Waals surface area contributed by atoms with E-state index in [1.54, 1.807) is 11.8 Å². The summed E-state index contributed by atoms with van der Waals surface area (Å²) >= 11 is 0. The lowest BCUT2D eigenvalue weighted by atomic mass is 10.1. The van der Waals surface area contributed by atoms with Crippen LogP contribution in [0.15, 0.2) is 9.59 Å². The van der Waals surface area contributed by atoms with Crippen LogP contribution < -0.4 is 21.1 Å². The van der Waals surface area contributed by atoms with Gasteiger partial charge in [-0.2, -0.15) is 0 Å². The second kappa shape index (κ2) is 7.86. The molecule has 0 atom stereocenters. The summed E-state index contributed by atoms with van der Waals surface area (Å²) in [7, 11) is 0. The number of amides is 1. The number of likely N-dealkylation sites (tertiary alicyclic amines) is 1. The fraction of sp³-hybridized carbons (Fsp3) is 0.706. The van der Waals surface area contributed by atoms with Crippen LogP contribution in [0.4, 0.5) is 16.2 Å². The number of anilines is 2. The Hall–Kier alpha value is -2.09. The molecule has 2 aliphatic rings. The highest BCUT2D eigenvalue weighted by Crippen LogP contribution is 2.21. The van der Waals surface area contributed by atoms with Crippen LogP contribution >= 0.6 is 0 Å². The number of hydrogen-bond donors (Lipinski definition) is 1. The number of ether oxygens (including phenoxy) is 1. The van der Waals surface area contributed by atoms with Gasteiger partial charge in [0, 0.05) is 39.3 Å². The molecule has 2 heterocycles. The number of hydrogen-bond acceptors (Lipinski definition) is 7. The Balaban J connectivity index is 1.54. The quantitative estimate of drug-likeness (QED) is 0.727. The summed E-state index contributed by atoms with van der Waals surface area (Å²) in [5.74, 6) is 0. The second-order valence-corrected chi connectivity index (χ2v) is 6.53. The molecule has 2 fully saturated rings. The fourth-order valence-electron chi connectivity index (χ4n) is 3.52. The predicted octanol–water partition coefficient (Wildman–Crippen LogP) is 0.0688. The van der Waals surface area contributed by atoms with Crippen molar-refractivity contribution in [3.8, 4) is 0 Å². The van der Waals surface area contributed by atoms with Crippen LogP contribution in [0, 0.1) is 0 Å². The summed E-state index contributed by atoms with van der Waals surface area (Å²) in [6.07, 6.45) is 2.14. The summed E-state index contributed by atoms with van der Waals surface area (Å²) < 4.78 is 5.00. The summed E-state index contributed by atoms with van der Waals surface area (Å²) in [6, 6.07) is 0. The Bertz CT molecular complexity index is 669. The molecule has 0 saturated carbocycles. The zero-order valence-electron chi connectivity index (χ0n) is 14.8. The molecule has 8 heteroatoms. The lowest BCUT2D eigenvalue weighted by Gasteiger charge is -2.36. The standard InChI is InChI=1S/C17H26N4O4/c1-2-25-17(24)21-11-9-20(10-12-21)14-13(15(22)16(14)23)18-5-8-19-6-3-4-7-19/h18H,2-12H2,1H3. The van der Waals surface area contributed by atoms with Gasteiger partial charge in [0.1, 0.15) is 11.4 Å². The first-order valence-electron chi connectivity index (χ1n) is 9.08. The lowest BCUT2D eigenvalue weighted by molar-refractivity contribution is 0.105. The van der Waals surface area contributed by atoms with Crippen molar-refractivity contribution in [3.05, 3.63) is 20.4 Å². The highest BCUT2D eigenvalue weighted by molar-refractivity contribution is 5.76. The smallest absolute Gasteiger partial charge is 0.409 e. The van der Waals surface area contributed by atoms with Gasteiger partial charge in [-0.05, 0) is 32.9 Å². The molecule has 1 aromatic rings. The van der Waals surface area contributed by atoms with Crippen LogP contribution in [0.1, 0.15) is 19.8 Å². The minimum absolute atomic E-state index is 0.323. The zero-order chi connectivity index (χ0) is 17.8. The minimum Gasteiger partial charge on any atom is -0.450 e. The molecule has 1 N–H and O–H groups in total. The number of nitrogens with one attached hydrogen (secondary N) is 1. The zero-order valence-corrected chi connectivity index (χ0v) is 14.8. The maximum atomic E-state index is 12.0. The largest absolute Gasteiger partial charge is 0.450 e. The van der Waals surface area contributed by atoms with E-state index in [9.17, 15) is 14.4 Å². The van der Waals surface area contributed by atoms with E-state index in [0.717, 1.165) is 19.6 Å². The van der Waals surface area contributed by atoms with Crippen molar-refractivity contribution in [2.75, 3.05) is 69.2 Å². The SMILES string of the molecule is CCOC(=O)N1CCN(c2c(NCCN3CCCC3)c(=O)c2=O)CC1. The van der Waals surface area contributed by atoms with E-state index in [2.05, 4.69) is 10.2 Å². The van der Waals surface area contributed by atoms with E-state index in [-0.39, 0.29) is 6.09 Å². The Morgan fingerprint density at radius 1 is 1.04 bits per heavy atom. The van der Waals surface area contributed by atoms with Gasteiger partial charge in [0.15, 0.2) is 0 Å². The van der Waals surface area contributed by atoms with Crippen LogP contribution in [0.25, 0.3) is 0 Å². The van der Waals surface area contributed by atoms with E-state index < -0.39 is 10.9 Å². The van der Waals surface area contributed by atoms with E-state index in [1.807, 2.05) is 4.90 Å². The Morgan fingerprint density at radius 3 is 2.36 bits per heavy atom. The Kier molecular flexibility index (Phi) is 5.57. The molecule has 1 amide bonds. The predicted molar refractivity (Wildman–Crippen MR) is 96.3 cm³/mol. The van der Waals surface area contributed by atoms with Gasteiger partial charge in [-0.1, -0.05) is 0 Å². The average molecular weight is 350 g/mol. The number of carbonyl (C=O) groups is 1. The molecule has 25 heavy (non-hydrogen) atoms. The van der Waals surface area contributed by atoms with Crippen molar-refractivity contribution >= 4 is 17.5 Å². The van der Waals surface area contributed by atoms with Gasteiger partial charge in [-0.3, -0.25) is 9.59 Å². The normalized spacial score (nSPS) is 18.8. The van der Waals surface area contributed by atoms with Crippen LogP contribution in [0.3, 0.4) is 0 Å². The molecule has 2 aliphatic heterocycles. The van der Waals surface area contributed by atoms with Crippen molar-refractivity contribution in [1.29, 1.82) is 0 Å². The van der Waals surface area contributed by atoms with Crippen molar-refractivity contribution in [2.24, 2.45) is 0 Å². The summed E-state index contributed by atoms with van der Waals surface area (Å²) in [5, 5.41) is 3.15. The van der Waals surface area contributed by atoms with Crippen LogP contribution in [0.2, 0.25) is 0 Å². The first-order valence-corrected chi connectivity index (χ1v) is 9.08. The lowest BCUT2D eigenvalue weighted by Crippen LogP contribution is -2.53. The van der Waals surface area contributed by atoms with Crippen LogP contribution in [-0.2, 0) is 4.74 Å². The molecule has 0 unspecified atom stereocenters. The van der Waals surface area contributed by atoms with E-state index in [1.165, 1.54) is 12.8 Å². The van der Waals surface area contributed by atoms with Gasteiger partial charge in [-0.15, -0.1) is 0 Å². The van der Waals surface area contributed by atoms with Gasteiger partial charge in [0.05, 0.1) is 6.61 Å². The van der Waals surface area contributed by atoms with Crippen LogP contribution in [0.5, 0.6) is 0 Å². The van der Waals surface area contributed by atoms with Gasteiger partial charge in [0.2, 0.25) is 0 Å². The molecule has 0 radical (unpaired) electrons. The number of piperazine rings is 1. The summed E-state index contributed by atoms with van der Waals surface area (Å²) in [4.78, 5) is 41.5. The molecule has 0 aromatic heterocycles. The monoisotopic (exact) mass is 350 g/mol.